The Hall–Kier alpha value is -1.62. The van der Waals surface area contributed by atoms with E-state index in [0.29, 0.717) is 17.7 Å². The van der Waals surface area contributed by atoms with Crippen molar-refractivity contribution < 1.29 is 14.3 Å². The van der Waals surface area contributed by atoms with Crippen molar-refractivity contribution in [1.29, 1.82) is 0 Å². The molecule has 1 saturated carbocycles. The zero-order valence-electron chi connectivity index (χ0n) is 10.6. The maximum absolute atomic E-state index is 11.8. The molecule has 0 amide bonds. The van der Waals surface area contributed by atoms with E-state index >= 15 is 0 Å². The van der Waals surface area contributed by atoms with Crippen LogP contribution in [0.4, 0.5) is 5.69 Å². The quantitative estimate of drug-likeness (QED) is 0.678. The van der Waals surface area contributed by atoms with Crippen LogP contribution < -0.4 is 5.32 Å². The number of ether oxygens (including phenoxy) is 1. The molecule has 102 valence electrons. The van der Waals surface area contributed by atoms with Gasteiger partial charge in [-0.15, -0.1) is 0 Å². The third-order valence-corrected chi connectivity index (χ3v) is 3.21. The van der Waals surface area contributed by atoms with Gasteiger partial charge in [-0.1, -0.05) is 11.6 Å². The van der Waals surface area contributed by atoms with Crippen LogP contribution in [0, 0.1) is 0 Å². The molecule has 2 rings (SSSR count). The van der Waals surface area contributed by atoms with Crippen LogP contribution in [-0.2, 0) is 9.53 Å². The van der Waals surface area contributed by atoms with Gasteiger partial charge in [0, 0.05) is 12.6 Å². The Morgan fingerprint density at radius 2 is 2.42 bits per heavy atom. The average Bonchev–Trinajstić information content (AvgIpc) is 2.75. The minimum atomic E-state index is -0.473. The van der Waals surface area contributed by atoms with Crippen LogP contribution in [0.15, 0.2) is 12.3 Å². The highest BCUT2D eigenvalue weighted by atomic mass is 35.5. The first-order valence-electron chi connectivity index (χ1n) is 6.23. The molecule has 1 fully saturated rings. The maximum atomic E-state index is 11.8. The van der Waals surface area contributed by atoms with Crippen molar-refractivity contribution in [3.8, 4) is 0 Å². The molecule has 19 heavy (non-hydrogen) atoms. The first-order valence-corrected chi connectivity index (χ1v) is 6.61. The van der Waals surface area contributed by atoms with E-state index in [1.54, 1.807) is 13.0 Å². The van der Waals surface area contributed by atoms with Crippen LogP contribution >= 0.6 is 11.6 Å². The van der Waals surface area contributed by atoms with E-state index in [1.807, 2.05) is 0 Å². The van der Waals surface area contributed by atoms with Crippen LogP contribution in [0.5, 0.6) is 0 Å². The molecule has 0 bridgehead atoms. The second-order valence-electron chi connectivity index (χ2n) is 4.33. The van der Waals surface area contributed by atoms with Gasteiger partial charge in [0.1, 0.15) is 10.7 Å². The van der Waals surface area contributed by atoms with E-state index < -0.39 is 5.97 Å². The number of carbonyl (C=O) groups excluding carboxylic acids is 2. The van der Waals surface area contributed by atoms with Crippen molar-refractivity contribution in [2.24, 2.45) is 0 Å². The average molecular weight is 283 g/mol. The standard InChI is InChI=1S/C13H15ClN2O3/c1-2-19-13(18)8-7-15-12(14)6-10(8)16-9-4-3-5-11(9)17/h6-7,9H,2-5H2,1H3,(H,15,16). The molecule has 5 nitrogen and oxygen atoms in total. The number of halogens is 1. The van der Waals surface area contributed by atoms with Crippen LogP contribution in [-0.4, -0.2) is 29.4 Å². The summed E-state index contributed by atoms with van der Waals surface area (Å²) in [5.74, 6) is -0.317. The topological polar surface area (TPSA) is 68.3 Å². The number of aromatic nitrogens is 1. The summed E-state index contributed by atoms with van der Waals surface area (Å²) in [4.78, 5) is 27.3. The molecule has 1 N–H and O–H groups in total. The fourth-order valence-corrected chi connectivity index (χ4v) is 2.23. The first-order chi connectivity index (χ1) is 9.11. The number of Topliss-reactive ketones (excluding diaryl/α,β-unsaturated/α-hetero) is 1. The lowest BCUT2D eigenvalue weighted by atomic mass is 10.2. The van der Waals surface area contributed by atoms with Crippen molar-refractivity contribution in [1.82, 2.24) is 4.98 Å². The largest absolute Gasteiger partial charge is 0.462 e. The summed E-state index contributed by atoms with van der Waals surface area (Å²) in [7, 11) is 0. The molecular formula is C13H15ClN2O3. The minimum Gasteiger partial charge on any atom is -0.462 e. The summed E-state index contributed by atoms with van der Waals surface area (Å²) in [6, 6.07) is 1.28. The highest BCUT2D eigenvalue weighted by Crippen LogP contribution is 2.24. The smallest absolute Gasteiger partial charge is 0.341 e. The van der Waals surface area contributed by atoms with Crippen LogP contribution in [0.2, 0.25) is 5.15 Å². The molecular weight excluding hydrogens is 268 g/mol. The third-order valence-electron chi connectivity index (χ3n) is 3.00. The maximum Gasteiger partial charge on any atom is 0.341 e. The summed E-state index contributed by atoms with van der Waals surface area (Å²) in [5, 5.41) is 3.33. The van der Waals surface area contributed by atoms with Crippen molar-refractivity contribution in [2.45, 2.75) is 32.2 Å². The van der Waals surface area contributed by atoms with Gasteiger partial charge in [0.25, 0.3) is 0 Å². The van der Waals surface area contributed by atoms with E-state index in [-0.39, 0.29) is 23.6 Å². The molecule has 1 unspecified atom stereocenters. The van der Waals surface area contributed by atoms with Gasteiger partial charge in [-0.3, -0.25) is 4.79 Å². The van der Waals surface area contributed by atoms with E-state index in [1.165, 1.54) is 6.20 Å². The van der Waals surface area contributed by atoms with Gasteiger partial charge < -0.3 is 10.1 Å². The molecule has 0 aromatic carbocycles. The van der Waals surface area contributed by atoms with Gasteiger partial charge in [-0.25, -0.2) is 9.78 Å². The van der Waals surface area contributed by atoms with E-state index in [0.717, 1.165) is 12.8 Å². The Bertz CT molecular complexity index is 505. The molecule has 1 aromatic heterocycles. The molecule has 0 aliphatic heterocycles. The second-order valence-corrected chi connectivity index (χ2v) is 4.72. The summed E-state index contributed by atoms with van der Waals surface area (Å²) >= 11 is 5.83. The third kappa shape index (κ3) is 3.23. The number of rotatable bonds is 4. The molecule has 1 aliphatic carbocycles. The van der Waals surface area contributed by atoms with E-state index in [2.05, 4.69) is 10.3 Å². The van der Waals surface area contributed by atoms with E-state index in [4.69, 9.17) is 16.3 Å². The second kappa shape index (κ2) is 6.02. The Morgan fingerprint density at radius 1 is 1.63 bits per heavy atom. The lowest BCUT2D eigenvalue weighted by molar-refractivity contribution is -0.118. The van der Waals surface area contributed by atoms with Gasteiger partial charge in [-0.2, -0.15) is 0 Å². The van der Waals surface area contributed by atoms with Gasteiger partial charge in [0.2, 0.25) is 0 Å². The Labute approximate surface area is 116 Å². The van der Waals surface area contributed by atoms with Crippen LogP contribution in [0.3, 0.4) is 0 Å². The Balaban J connectivity index is 2.24. The molecule has 0 radical (unpaired) electrons. The number of hydrogen-bond donors (Lipinski definition) is 1. The monoisotopic (exact) mass is 282 g/mol. The first kappa shape index (κ1) is 13.8. The van der Waals surface area contributed by atoms with Gasteiger partial charge in [0.15, 0.2) is 5.78 Å². The normalized spacial score (nSPS) is 18.4. The lowest BCUT2D eigenvalue weighted by Gasteiger charge is -2.15. The molecule has 0 saturated heterocycles. The number of anilines is 1. The number of carbonyl (C=O) groups is 2. The summed E-state index contributed by atoms with van der Waals surface area (Å²) < 4.78 is 4.95. The Morgan fingerprint density at radius 3 is 3.05 bits per heavy atom. The zero-order chi connectivity index (χ0) is 13.8. The molecule has 0 spiro atoms. The number of hydrogen-bond acceptors (Lipinski definition) is 5. The SMILES string of the molecule is CCOC(=O)c1cnc(Cl)cc1NC1CCCC1=O. The predicted octanol–water partition coefficient (Wildman–Crippen LogP) is 2.45. The van der Waals surface area contributed by atoms with Crippen molar-refractivity contribution in [2.75, 3.05) is 11.9 Å². The molecule has 1 aliphatic rings. The fourth-order valence-electron chi connectivity index (χ4n) is 2.08. The highest BCUT2D eigenvalue weighted by Gasteiger charge is 2.26. The summed E-state index contributed by atoms with van der Waals surface area (Å²) in [6.45, 7) is 2.01. The molecule has 6 heteroatoms. The number of nitrogens with one attached hydrogen (secondary N) is 1. The van der Waals surface area contributed by atoms with E-state index in [9.17, 15) is 9.59 Å². The minimum absolute atomic E-state index is 0.155. The molecule has 1 aromatic rings. The summed E-state index contributed by atoms with van der Waals surface area (Å²) in [6.07, 6.45) is 3.57. The number of esters is 1. The number of ketones is 1. The zero-order valence-corrected chi connectivity index (χ0v) is 11.4. The molecule has 1 atom stereocenters. The van der Waals surface area contributed by atoms with Gasteiger partial charge in [-0.05, 0) is 25.8 Å². The molecule has 1 heterocycles. The predicted molar refractivity (Wildman–Crippen MR) is 71.5 cm³/mol. The van der Waals surface area contributed by atoms with Crippen LogP contribution in [0.25, 0.3) is 0 Å². The van der Waals surface area contributed by atoms with Gasteiger partial charge in [0.05, 0.1) is 18.3 Å². The van der Waals surface area contributed by atoms with Crippen molar-refractivity contribution in [3.63, 3.8) is 0 Å². The van der Waals surface area contributed by atoms with Crippen molar-refractivity contribution in [3.05, 3.63) is 23.0 Å². The fraction of sp³-hybridized carbons (Fsp3) is 0.462. The highest BCUT2D eigenvalue weighted by molar-refractivity contribution is 6.29. The van der Waals surface area contributed by atoms with Gasteiger partial charge >= 0.3 is 5.97 Å². The Kier molecular flexibility index (Phi) is 4.37. The van der Waals surface area contributed by atoms with Crippen LogP contribution in [0.1, 0.15) is 36.5 Å². The number of pyridine rings is 1. The van der Waals surface area contributed by atoms with Crippen molar-refractivity contribution >= 4 is 29.0 Å². The summed E-state index contributed by atoms with van der Waals surface area (Å²) in [5.41, 5.74) is 0.796. The number of nitrogens with zero attached hydrogens (tertiary/aromatic N) is 1. The lowest BCUT2D eigenvalue weighted by Crippen LogP contribution is -2.25.